The molecule has 23 heavy (non-hydrogen) atoms. The van der Waals surface area contributed by atoms with E-state index in [9.17, 15) is 9.59 Å². The summed E-state index contributed by atoms with van der Waals surface area (Å²) in [5.74, 6) is -0.732. The van der Waals surface area contributed by atoms with Gasteiger partial charge in [0.15, 0.2) is 0 Å². The molecular formula is C17H16ClN3O2. The van der Waals surface area contributed by atoms with Crippen molar-refractivity contribution in [1.82, 2.24) is 10.7 Å². The van der Waals surface area contributed by atoms with Gasteiger partial charge in [0.2, 0.25) is 0 Å². The normalized spacial score (nSPS) is 10.5. The van der Waals surface area contributed by atoms with Gasteiger partial charge < -0.3 is 5.32 Å². The van der Waals surface area contributed by atoms with Crippen LogP contribution in [0.3, 0.4) is 0 Å². The van der Waals surface area contributed by atoms with Crippen LogP contribution in [0, 0.1) is 6.92 Å². The zero-order valence-electron chi connectivity index (χ0n) is 12.5. The van der Waals surface area contributed by atoms with Gasteiger partial charge in [-0.25, -0.2) is 5.43 Å². The summed E-state index contributed by atoms with van der Waals surface area (Å²) in [6.07, 6.45) is 1.45. The summed E-state index contributed by atoms with van der Waals surface area (Å²) in [6.45, 7) is 1.78. The second-order valence-electron chi connectivity index (χ2n) is 4.86. The highest BCUT2D eigenvalue weighted by Crippen LogP contribution is 2.11. The molecule has 0 aromatic heterocycles. The zero-order valence-corrected chi connectivity index (χ0v) is 13.3. The third-order valence-electron chi connectivity index (χ3n) is 3.02. The van der Waals surface area contributed by atoms with Crippen LogP contribution < -0.4 is 10.7 Å². The summed E-state index contributed by atoms with van der Waals surface area (Å²) >= 11 is 5.96. The van der Waals surface area contributed by atoms with Crippen LogP contribution in [0.5, 0.6) is 0 Å². The Kier molecular flexibility index (Phi) is 5.88. The van der Waals surface area contributed by atoms with Crippen molar-refractivity contribution >= 4 is 29.6 Å². The summed E-state index contributed by atoms with van der Waals surface area (Å²) < 4.78 is 0. The number of rotatable bonds is 5. The lowest BCUT2D eigenvalue weighted by Crippen LogP contribution is -2.34. The molecule has 0 aliphatic heterocycles. The average molecular weight is 330 g/mol. The molecule has 0 heterocycles. The van der Waals surface area contributed by atoms with Crippen molar-refractivity contribution in [3.8, 4) is 0 Å². The molecular weight excluding hydrogens is 314 g/mol. The van der Waals surface area contributed by atoms with Gasteiger partial charge in [-0.2, -0.15) is 5.10 Å². The van der Waals surface area contributed by atoms with Crippen molar-refractivity contribution in [2.75, 3.05) is 6.54 Å². The third kappa shape index (κ3) is 5.23. The van der Waals surface area contributed by atoms with E-state index >= 15 is 0 Å². The summed E-state index contributed by atoms with van der Waals surface area (Å²) in [4.78, 5) is 23.5. The predicted molar refractivity (Wildman–Crippen MR) is 90.7 cm³/mol. The number of hydrazone groups is 1. The predicted octanol–water partition coefficient (Wildman–Crippen LogP) is 2.53. The highest BCUT2D eigenvalue weighted by molar-refractivity contribution is 6.33. The van der Waals surface area contributed by atoms with E-state index in [0.29, 0.717) is 16.1 Å². The fraction of sp³-hybridized carbons (Fsp3) is 0.118. The molecule has 0 atom stereocenters. The number of hydrogen-bond donors (Lipinski definition) is 2. The second kappa shape index (κ2) is 8.10. The fourth-order valence-electron chi connectivity index (χ4n) is 1.76. The van der Waals surface area contributed by atoms with Crippen LogP contribution in [-0.2, 0) is 4.79 Å². The molecule has 0 fully saturated rings. The number of benzene rings is 2. The SMILES string of the molecule is Cc1ccc(C(=O)NCC(=O)N/N=C\c2ccccc2Cl)cc1. The molecule has 0 radical (unpaired) electrons. The number of carbonyl (C=O) groups is 2. The summed E-state index contributed by atoms with van der Waals surface area (Å²) in [7, 11) is 0. The van der Waals surface area contributed by atoms with Crippen LogP contribution in [0.25, 0.3) is 0 Å². The largest absolute Gasteiger partial charge is 0.343 e. The van der Waals surface area contributed by atoms with Crippen LogP contribution in [0.4, 0.5) is 0 Å². The number of aryl methyl sites for hydroxylation is 1. The molecule has 0 aliphatic rings. The van der Waals surface area contributed by atoms with E-state index in [0.717, 1.165) is 5.56 Å². The smallest absolute Gasteiger partial charge is 0.259 e. The van der Waals surface area contributed by atoms with Crippen LogP contribution in [0.15, 0.2) is 53.6 Å². The van der Waals surface area contributed by atoms with E-state index in [1.165, 1.54) is 6.21 Å². The van der Waals surface area contributed by atoms with Gasteiger partial charge in [0.25, 0.3) is 11.8 Å². The van der Waals surface area contributed by atoms with Crippen molar-refractivity contribution in [1.29, 1.82) is 0 Å². The highest BCUT2D eigenvalue weighted by atomic mass is 35.5. The van der Waals surface area contributed by atoms with E-state index in [-0.39, 0.29) is 12.5 Å². The molecule has 2 aromatic rings. The number of hydrogen-bond acceptors (Lipinski definition) is 3. The molecule has 2 aromatic carbocycles. The molecule has 0 saturated heterocycles. The summed E-state index contributed by atoms with van der Waals surface area (Å²) in [5, 5.41) is 6.87. The lowest BCUT2D eigenvalue weighted by atomic mass is 10.1. The third-order valence-corrected chi connectivity index (χ3v) is 3.37. The molecule has 118 valence electrons. The standard InChI is InChI=1S/C17H16ClN3O2/c1-12-6-8-13(9-7-12)17(23)19-11-16(22)21-20-10-14-4-2-3-5-15(14)18/h2-10H,11H2,1H3,(H,19,23)(H,21,22)/b20-10-. The van der Waals surface area contributed by atoms with E-state index in [2.05, 4.69) is 15.8 Å². The molecule has 0 bridgehead atoms. The van der Waals surface area contributed by atoms with E-state index < -0.39 is 5.91 Å². The Morgan fingerprint density at radius 3 is 2.52 bits per heavy atom. The first-order valence-electron chi connectivity index (χ1n) is 6.97. The number of nitrogens with one attached hydrogen (secondary N) is 2. The van der Waals surface area contributed by atoms with Gasteiger partial charge in [0.1, 0.15) is 0 Å². The average Bonchev–Trinajstić information content (AvgIpc) is 2.55. The number of nitrogens with zero attached hydrogens (tertiary/aromatic N) is 1. The van der Waals surface area contributed by atoms with Gasteiger partial charge >= 0.3 is 0 Å². The summed E-state index contributed by atoms with van der Waals surface area (Å²) in [5.41, 5.74) is 4.59. The molecule has 6 heteroatoms. The minimum atomic E-state index is -0.422. The molecule has 0 unspecified atom stereocenters. The molecule has 2 rings (SSSR count). The maximum Gasteiger partial charge on any atom is 0.259 e. The monoisotopic (exact) mass is 329 g/mol. The van der Waals surface area contributed by atoms with Gasteiger partial charge in [-0.15, -0.1) is 0 Å². The van der Waals surface area contributed by atoms with Gasteiger partial charge in [-0.05, 0) is 25.1 Å². The Hall–Kier alpha value is -2.66. The number of halogens is 1. The van der Waals surface area contributed by atoms with Crippen LogP contribution in [0.2, 0.25) is 5.02 Å². The number of amides is 2. The zero-order chi connectivity index (χ0) is 16.7. The van der Waals surface area contributed by atoms with Gasteiger partial charge in [0, 0.05) is 16.1 Å². The maximum absolute atomic E-state index is 11.9. The molecule has 0 spiro atoms. The molecule has 0 aliphatic carbocycles. The molecule has 5 nitrogen and oxygen atoms in total. The first-order chi connectivity index (χ1) is 11.1. The van der Waals surface area contributed by atoms with E-state index in [4.69, 9.17) is 11.6 Å². The first kappa shape index (κ1) is 16.7. The first-order valence-corrected chi connectivity index (χ1v) is 7.35. The maximum atomic E-state index is 11.9. The minimum absolute atomic E-state index is 0.160. The van der Waals surface area contributed by atoms with Crippen molar-refractivity contribution in [3.63, 3.8) is 0 Å². The molecule has 0 saturated carbocycles. The van der Waals surface area contributed by atoms with Crippen molar-refractivity contribution in [2.45, 2.75) is 6.92 Å². The quantitative estimate of drug-likeness (QED) is 0.653. The summed E-state index contributed by atoms with van der Waals surface area (Å²) in [6, 6.07) is 14.2. The van der Waals surface area contributed by atoms with Crippen molar-refractivity contribution in [2.24, 2.45) is 5.10 Å². The molecule has 2 amide bonds. The van der Waals surface area contributed by atoms with Crippen molar-refractivity contribution < 1.29 is 9.59 Å². The highest BCUT2D eigenvalue weighted by Gasteiger charge is 2.07. The lowest BCUT2D eigenvalue weighted by Gasteiger charge is -2.04. The Balaban J connectivity index is 1.80. The topological polar surface area (TPSA) is 70.6 Å². The Morgan fingerprint density at radius 1 is 1.13 bits per heavy atom. The lowest BCUT2D eigenvalue weighted by molar-refractivity contribution is -0.120. The number of carbonyl (C=O) groups excluding carboxylic acids is 2. The molecule has 2 N–H and O–H groups in total. The van der Waals surface area contributed by atoms with Crippen molar-refractivity contribution in [3.05, 3.63) is 70.2 Å². The fourth-order valence-corrected chi connectivity index (χ4v) is 1.95. The van der Waals surface area contributed by atoms with E-state index in [1.54, 1.807) is 30.3 Å². The van der Waals surface area contributed by atoms with Gasteiger partial charge in [0.05, 0.1) is 12.8 Å². The van der Waals surface area contributed by atoms with Crippen LogP contribution >= 0.6 is 11.6 Å². The van der Waals surface area contributed by atoms with E-state index in [1.807, 2.05) is 25.1 Å². The van der Waals surface area contributed by atoms with Crippen LogP contribution in [0.1, 0.15) is 21.5 Å². The minimum Gasteiger partial charge on any atom is -0.343 e. The van der Waals surface area contributed by atoms with Gasteiger partial charge in [-0.1, -0.05) is 47.5 Å². The Labute approximate surface area is 139 Å². The Bertz CT molecular complexity index is 727. The Morgan fingerprint density at radius 2 is 1.83 bits per heavy atom. The van der Waals surface area contributed by atoms with Gasteiger partial charge in [-0.3, -0.25) is 9.59 Å². The second-order valence-corrected chi connectivity index (χ2v) is 5.27. The van der Waals surface area contributed by atoms with Crippen LogP contribution in [-0.4, -0.2) is 24.6 Å².